The number of hydrazine groups is 1. The van der Waals surface area contributed by atoms with Gasteiger partial charge in [0.2, 0.25) is 5.95 Å². The lowest BCUT2D eigenvalue weighted by Gasteiger charge is -2.39. The molecular weight excluding hydrogens is 256 g/mol. The molecule has 1 fully saturated rings. The maximum atomic E-state index is 11.9. The summed E-state index contributed by atoms with van der Waals surface area (Å²) in [5.41, 5.74) is 0.865. The molecule has 1 N–H and O–H groups in total. The Hall–Kier alpha value is -1.44. The van der Waals surface area contributed by atoms with Gasteiger partial charge in [-0.25, -0.2) is 9.99 Å². The highest BCUT2D eigenvalue weighted by Crippen LogP contribution is 2.23. The zero-order valence-corrected chi connectivity index (χ0v) is 11.9. The van der Waals surface area contributed by atoms with E-state index in [0.717, 1.165) is 30.3 Å². The average Bonchev–Trinajstić information content (AvgIpc) is 2.50. The third-order valence-electron chi connectivity index (χ3n) is 3.84. The van der Waals surface area contributed by atoms with E-state index in [2.05, 4.69) is 32.2 Å². The summed E-state index contributed by atoms with van der Waals surface area (Å²) in [5, 5.41) is 20.2. The summed E-state index contributed by atoms with van der Waals surface area (Å²) in [6, 6.07) is 0. The fourth-order valence-electron chi connectivity index (χ4n) is 2.81. The number of rotatable bonds is 3. The summed E-state index contributed by atoms with van der Waals surface area (Å²) in [5.74, 6) is 1.14. The predicted molar refractivity (Wildman–Crippen MR) is 78.0 cm³/mol. The van der Waals surface area contributed by atoms with E-state index >= 15 is 0 Å². The lowest BCUT2D eigenvalue weighted by molar-refractivity contribution is 0.207. The van der Waals surface area contributed by atoms with E-state index in [0.29, 0.717) is 25.0 Å². The largest absolute Gasteiger partial charge is 0.756 e. The van der Waals surface area contributed by atoms with E-state index in [-0.39, 0.29) is 0 Å². The minimum atomic E-state index is 0.291. The number of hydroxylamine groups is 1. The van der Waals surface area contributed by atoms with Gasteiger partial charge in [-0.1, -0.05) is 6.42 Å². The van der Waals surface area contributed by atoms with Crippen molar-refractivity contribution < 1.29 is 0 Å². The van der Waals surface area contributed by atoms with Crippen LogP contribution >= 0.6 is 0 Å². The number of anilines is 2. The van der Waals surface area contributed by atoms with Crippen molar-refractivity contribution in [3.05, 3.63) is 17.0 Å². The molecule has 3 rings (SSSR count). The van der Waals surface area contributed by atoms with Crippen molar-refractivity contribution in [3.8, 4) is 0 Å². The topological polar surface area (TPSA) is 70.6 Å². The van der Waals surface area contributed by atoms with Crippen molar-refractivity contribution in [1.82, 2.24) is 20.3 Å². The number of piperidine rings is 1. The van der Waals surface area contributed by atoms with Gasteiger partial charge in [0, 0.05) is 37.9 Å². The van der Waals surface area contributed by atoms with Crippen LogP contribution in [0.4, 0.5) is 11.8 Å². The Morgan fingerprint density at radius 3 is 2.90 bits per heavy atom. The Labute approximate surface area is 119 Å². The number of nitrogens with one attached hydrogen (secondary N) is 1. The first-order valence-electron chi connectivity index (χ1n) is 7.33. The van der Waals surface area contributed by atoms with E-state index in [1.807, 2.05) is 0 Å². The van der Waals surface area contributed by atoms with Crippen molar-refractivity contribution in [2.75, 3.05) is 36.4 Å². The van der Waals surface area contributed by atoms with Gasteiger partial charge >= 0.3 is 0 Å². The van der Waals surface area contributed by atoms with Crippen LogP contribution in [0.25, 0.3) is 0 Å². The van der Waals surface area contributed by atoms with E-state index in [1.165, 1.54) is 19.3 Å². The third-order valence-corrected chi connectivity index (χ3v) is 3.84. The van der Waals surface area contributed by atoms with Crippen LogP contribution in [0.3, 0.4) is 0 Å². The normalized spacial score (nSPS) is 19.8. The number of aromatic nitrogens is 2. The van der Waals surface area contributed by atoms with Crippen LogP contribution in [0.15, 0.2) is 6.20 Å². The van der Waals surface area contributed by atoms with Crippen LogP contribution in [0.5, 0.6) is 0 Å². The molecule has 0 atom stereocenters. The summed E-state index contributed by atoms with van der Waals surface area (Å²) in [6.07, 6.45) is 5.47. The molecular formula is C13H21N6O-. The van der Waals surface area contributed by atoms with E-state index in [1.54, 1.807) is 6.20 Å². The van der Waals surface area contributed by atoms with Crippen molar-refractivity contribution in [1.29, 1.82) is 0 Å². The first-order chi connectivity index (χ1) is 9.79. The molecule has 0 bridgehead atoms. The molecule has 110 valence electrons. The minimum absolute atomic E-state index is 0.291. The SMILES string of the molecule is CCN(c1ncc2c(n1)N([O-])CNC2)N1CCCCC1. The quantitative estimate of drug-likeness (QED) is 0.886. The molecule has 2 aliphatic heterocycles. The lowest BCUT2D eigenvalue weighted by Crippen LogP contribution is -2.47. The number of hydrogen-bond donors (Lipinski definition) is 1. The monoisotopic (exact) mass is 277 g/mol. The summed E-state index contributed by atoms with van der Waals surface area (Å²) in [4.78, 5) is 8.93. The first-order valence-corrected chi connectivity index (χ1v) is 7.33. The molecule has 0 unspecified atom stereocenters. The molecule has 7 nitrogen and oxygen atoms in total. The highest BCUT2D eigenvalue weighted by Gasteiger charge is 2.21. The molecule has 3 heterocycles. The molecule has 20 heavy (non-hydrogen) atoms. The molecule has 0 saturated carbocycles. The fourth-order valence-corrected chi connectivity index (χ4v) is 2.81. The van der Waals surface area contributed by atoms with Gasteiger partial charge in [-0.3, -0.25) is 10.3 Å². The lowest BCUT2D eigenvalue weighted by atomic mass is 10.2. The number of hydrogen-bond acceptors (Lipinski definition) is 7. The summed E-state index contributed by atoms with van der Waals surface area (Å²) >= 11 is 0. The Balaban J connectivity index is 1.86. The molecule has 0 aromatic carbocycles. The van der Waals surface area contributed by atoms with Gasteiger partial charge in [0.05, 0.1) is 6.67 Å². The van der Waals surface area contributed by atoms with Gasteiger partial charge in [0.1, 0.15) is 5.82 Å². The minimum Gasteiger partial charge on any atom is -0.756 e. The second-order valence-electron chi connectivity index (χ2n) is 5.21. The highest BCUT2D eigenvalue weighted by molar-refractivity contribution is 5.52. The molecule has 0 radical (unpaired) electrons. The highest BCUT2D eigenvalue weighted by atomic mass is 16.5. The van der Waals surface area contributed by atoms with Gasteiger partial charge in [0.25, 0.3) is 0 Å². The van der Waals surface area contributed by atoms with Gasteiger partial charge in [-0.05, 0) is 19.8 Å². The Morgan fingerprint density at radius 2 is 2.15 bits per heavy atom. The van der Waals surface area contributed by atoms with Gasteiger partial charge in [-0.15, -0.1) is 0 Å². The molecule has 2 aliphatic rings. The standard InChI is InChI=1S/C13H21N6O/c1-2-18(17-6-4-3-5-7-17)13-15-9-11-8-14-10-19(20)12(11)16-13/h9,14H,2-8,10H2,1H3/q-1. The molecule has 1 aromatic heterocycles. The van der Waals surface area contributed by atoms with Gasteiger partial charge < -0.3 is 10.3 Å². The van der Waals surface area contributed by atoms with Crippen molar-refractivity contribution >= 4 is 11.8 Å². The first kappa shape index (κ1) is 13.5. The zero-order valence-electron chi connectivity index (χ0n) is 11.9. The second kappa shape index (κ2) is 5.90. The summed E-state index contributed by atoms with van der Waals surface area (Å²) < 4.78 is 0. The van der Waals surface area contributed by atoms with E-state index in [4.69, 9.17) is 0 Å². The van der Waals surface area contributed by atoms with Crippen LogP contribution in [0, 0.1) is 5.21 Å². The Morgan fingerprint density at radius 1 is 1.35 bits per heavy atom. The molecule has 0 spiro atoms. The van der Waals surface area contributed by atoms with Crippen molar-refractivity contribution in [2.24, 2.45) is 0 Å². The summed E-state index contributed by atoms with van der Waals surface area (Å²) in [6.45, 7) is 5.93. The third kappa shape index (κ3) is 2.56. The van der Waals surface area contributed by atoms with Crippen molar-refractivity contribution in [2.45, 2.75) is 32.7 Å². The summed E-state index contributed by atoms with van der Waals surface area (Å²) in [7, 11) is 0. The van der Waals surface area contributed by atoms with Gasteiger partial charge in [-0.2, -0.15) is 4.98 Å². The van der Waals surface area contributed by atoms with Crippen LogP contribution in [0.2, 0.25) is 0 Å². The maximum Gasteiger partial charge on any atom is 0.242 e. The van der Waals surface area contributed by atoms with Crippen LogP contribution in [-0.4, -0.2) is 41.3 Å². The van der Waals surface area contributed by atoms with E-state index < -0.39 is 0 Å². The second-order valence-corrected chi connectivity index (χ2v) is 5.21. The number of fused-ring (bicyclic) bond motifs is 1. The molecule has 0 amide bonds. The Bertz CT molecular complexity index is 462. The van der Waals surface area contributed by atoms with Gasteiger partial charge in [0.15, 0.2) is 0 Å². The predicted octanol–water partition coefficient (Wildman–Crippen LogP) is 1.07. The maximum absolute atomic E-state index is 11.9. The molecule has 1 saturated heterocycles. The zero-order chi connectivity index (χ0) is 13.9. The van der Waals surface area contributed by atoms with Crippen LogP contribution in [-0.2, 0) is 6.54 Å². The smallest absolute Gasteiger partial charge is 0.242 e. The molecule has 1 aromatic rings. The fraction of sp³-hybridized carbons (Fsp3) is 0.692. The van der Waals surface area contributed by atoms with E-state index in [9.17, 15) is 5.21 Å². The molecule has 7 heteroatoms. The average molecular weight is 277 g/mol. The van der Waals surface area contributed by atoms with Crippen molar-refractivity contribution in [3.63, 3.8) is 0 Å². The Kier molecular flexibility index (Phi) is 4.00. The number of nitrogens with zero attached hydrogens (tertiary/aromatic N) is 5. The van der Waals surface area contributed by atoms with Crippen LogP contribution < -0.4 is 15.4 Å². The molecule has 0 aliphatic carbocycles. The van der Waals surface area contributed by atoms with Crippen LogP contribution in [0.1, 0.15) is 31.7 Å².